The molecule has 2 saturated heterocycles. The number of H-pyrrole nitrogens is 1. The third-order valence-corrected chi connectivity index (χ3v) is 5.37. The van der Waals surface area contributed by atoms with E-state index in [0.717, 1.165) is 6.54 Å². The smallest absolute Gasteiger partial charge is 0.264 e. The first kappa shape index (κ1) is 18.6. The van der Waals surface area contributed by atoms with Gasteiger partial charge in [-0.05, 0) is 24.3 Å². The van der Waals surface area contributed by atoms with Crippen molar-refractivity contribution in [3.63, 3.8) is 0 Å². The Bertz CT molecular complexity index is 714. The van der Waals surface area contributed by atoms with Gasteiger partial charge in [0.25, 0.3) is 5.56 Å². The molecule has 1 spiro atoms. The van der Waals surface area contributed by atoms with Crippen LogP contribution in [-0.4, -0.2) is 58.6 Å². The van der Waals surface area contributed by atoms with Gasteiger partial charge in [0, 0.05) is 45.1 Å². The maximum absolute atomic E-state index is 12.6. The highest BCUT2D eigenvalue weighted by molar-refractivity contribution is 5.87. The van der Waals surface area contributed by atoms with Crippen molar-refractivity contribution in [2.24, 2.45) is 5.41 Å². The average molecular weight is 361 g/mol. The number of rotatable bonds is 3. The van der Waals surface area contributed by atoms with E-state index in [1.807, 2.05) is 4.90 Å². The fourth-order valence-corrected chi connectivity index (χ4v) is 3.49. The standard InChI is InChI=1S/C18H27N5O3/c1-17(2)11-19-16(26)18(20-12-17)7-9-23(10-8-18)15(25)6-4-13-3-5-14(24)22-21-13/h3,5,20H,4,6-12H2,1-2H3,(H,19,26)(H,22,24). The number of nitrogens with one attached hydrogen (secondary N) is 3. The van der Waals surface area contributed by atoms with E-state index >= 15 is 0 Å². The Morgan fingerprint density at radius 2 is 1.92 bits per heavy atom. The lowest BCUT2D eigenvalue weighted by Gasteiger charge is -2.40. The molecule has 142 valence electrons. The third kappa shape index (κ3) is 4.12. The Morgan fingerprint density at radius 3 is 2.58 bits per heavy atom. The molecule has 0 aromatic carbocycles. The van der Waals surface area contributed by atoms with Crippen molar-refractivity contribution >= 4 is 11.8 Å². The molecule has 1 aromatic rings. The number of aromatic amines is 1. The van der Waals surface area contributed by atoms with E-state index in [9.17, 15) is 14.4 Å². The van der Waals surface area contributed by atoms with Crippen molar-refractivity contribution in [2.75, 3.05) is 26.2 Å². The first-order chi connectivity index (χ1) is 12.3. The highest BCUT2D eigenvalue weighted by Crippen LogP contribution is 2.27. The molecule has 0 saturated carbocycles. The van der Waals surface area contributed by atoms with Gasteiger partial charge in [-0.25, -0.2) is 5.10 Å². The van der Waals surface area contributed by atoms with Gasteiger partial charge >= 0.3 is 0 Å². The number of piperidine rings is 1. The molecule has 0 bridgehead atoms. The first-order valence-electron chi connectivity index (χ1n) is 9.15. The Balaban J connectivity index is 1.54. The molecule has 3 heterocycles. The minimum Gasteiger partial charge on any atom is -0.354 e. The fourth-order valence-electron chi connectivity index (χ4n) is 3.49. The summed E-state index contributed by atoms with van der Waals surface area (Å²) >= 11 is 0. The Labute approximate surface area is 152 Å². The van der Waals surface area contributed by atoms with Crippen molar-refractivity contribution in [1.29, 1.82) is 0 Å². The van der Waals surface area contributed by atoms with Gasteiger partial charge in [0.1, 0.15) is 5.54 Å². The number of nitrogens with zero attached hydrogens (tertiary/aromatic N) is 2. The summed E-state index contributed by atoms with van der Waals surface area (Å²) in [4.78, 5) is 37.9. The minimum atomic E-state index is -0.564. The van der Waals surface area contributed by atoms with Crippen LogP contribution in [0.2, 0.25) is 0 Å². The van der Waals surface area contributed by atoms with Crippen LogP contribution in [0, 0.1) is 5.41 Å². The molecule has 3 rings (SSSR count). The Hall–Kier alpha value is -2.22. The van der Waals surface area contributed by atoms with Gasteiger partial charge in [0.05, 0.1) is 5.69 Å². The molecule has 0 radical (unpaired) electrons. The van der Waals surface area contributed by atoms with Gasteiger partial charge in [0.2, 0.25) is 11.8 Å². The van der Waals surface area contributed by atoms with Gasteiger partial charge in [0.15, 0.2) is 0 Å². The summed E-state index contributed by atoms with van der Waals surface area (Å²) in [5, 5.41) is 12.8. The lowest BCUT2D eigenvalue weighted by Crippen LogP contribution is -2.61. The van der Waals surface area contributed by atoms with Crippen LogP contribution in [0.15, 0.2) is 16.9 Å². The predicted octanol–water partition coefficient (Wildman–Crippen LogP) is -0.191. The molecule has 0 unspecified atom stereocenters. The summed E-state index contributed by atoms with van der Waals surface area (Å²) in [6.45, 7) is 6.83. The van der Waals surface area contributed by atoms with Crippen molar-refractivity contribution in [2.45, 2.75) is 45.1 Å². The topological polar surface area (TPSA) is 107 Å². The monoisotopic (exact) mass is 361 g/mol. The van der Waals surface area contributed by atoms with Crippen LogP contribution < -0.4 is 16.2 Å². The molecule has 26 heavy (non-hydrogen) atoms. The molecule has 2 aliphatic rings. The van der Waals surface area contributed by atoms with Crippen molar-refractivity contribution in [1.82, 2.24) is 25.7 Å². The van der Waals surface area contributed by atoms with Crippen LogP contribution in [0.1, 0.15) is 38.8 Å². The van der Waals surface area contributed by atoms with Gasteiger partial charge in [-0.3, -0.25) is 14.4 Å². The van der Waals surface area contributed by atoms with Crippen molar-refractivity contribution in [3.8, 4) is 0 Å². The molecule has 8 heteroatoms. The fraction of sp³-hybridized carbons (Fsp3) is 0.667. The molecule has 1 aromatic heterocycles. The number of hydrogen-bond acceptors (Lipinski definition) is 5. The predicted molar refractivity (Wildman–Crippen MR) is 96.5 cm³/mol. The quantitative estimate of drug-likeness (QED) is 0.692. The van der Waals surface area contributed by atoms with E-state index in [2.05, 4.69) is 34.7 Å². The van der Waals surface area contributed by atoms with Crippen LogP contribution in [-0.2, 0) is 16.0 Å². The lowest BCUT2D eigenvalue weighted by molar-refractivity contribution is -0.137. The van der Waals surface area contributed by atoms with Crippen LogP contribution in [0.5, 0.6) is 0 Å². The summed E-state index contributed by atoms with van der Waals surface area (Å²) in [5.74, 6) is 0.106. The highest BCUT2D eigenvalue weighted by Gasteiger charge is 2.44. The zero-order valence-corrected chi connectivity index (χ0v) is 15.4. The summed E-state index contributed by atoms with van der Waals surface area (Å²) in [5.41, 5.74) is -0.0990. The molecule has 3 N–H and O–H groups in total. The zero-order valence-electron chi connectivity index (χ0n) is 15.4. The van der Waals surface area contributed by atoms with Gasteiger partial charge in [-0.1, -0.05) is 13.8 Å². The molecule has 2 aliphatic heterocycles. The van der Waals surface area contributed by atoms with E-state index < -0.39 is 5.54 Å². The van der Waals surface area contributed by atoms with Crippen LogP contribution in [0.25, 0.3) is 0 Å². The number of amides is 2. The van der Waals surface area contributed by atoms with Gasteiger partial charge in [-0.15, -0.1) is 0 Å². The maximum Gasteiger partial charge on any atom is 0.264 e. The average Bonchev–Trinajstić information content (AvgIpc) is 2.74. The summed E-state index contributed by atoms with van der Waals surface area (Å²) in [6.07, 6.45) is 2.08. The number of carbonyl (C=O) groups is 2. The van der Waals surface area contributed by atoms with Crippen molar-refractivity contribution < 1.29 is 9.59 Å². The first-order valence-corrected chi connectivity index (χ1v) is 9.15. The highest BCUT2D eigenvalue weighted by atomic mass is 16.2. The van der Waals surface area contributed by atoms with Crippen molar-refractivity contribution in [3.05, 3.63) is 28.2 Å². The Morgan fingerprint density at radius 1 is 1.19 bits per heavy atom. The second-order valence-corrected chi connectivity index (χ2v) is 8.08. The number of aromatic nitrogens is 2. The molecule has 8 nitrogen and oxygen atoms in total. The number of likely N-dealkylation sites (tertiary alicyclic amines) is 1. The van der Waals surface area contributed by atoms with E-state index in [1.165, 1.54) is 6.07 Å². The second-order valence-electron chi connectivity index (χ2n) is 8.08. The lowest BCUT2D eigenvalue weighted by atomic mass is 9.86. The SMILES string of the molecule is CC1(C)CNC(=O)C2(CCN(C(=O)CCc3ccc(=O)[nH]n3)CC2)NC1. The maximum atomic E-state index is 12.6. The third-order valence-electron chi connectivity index (χ3n) is 5.37. The summed E-state index contributed by atoms with van der Waals surface area (Å²) in [7, 11) is 0. The zero-order chi connectivity index (χ0) is 18.8. The van der Waals surface area contributed by atoms with E-state index in [0.29, 0.717) is 51.0 Å². The minimum absolute atomic E-state index is 0.0236. The molecular formula is C18H27N5O3. The van der Waals surface area contributed by atoms with E-state index in [4.69, 9.17) is 0 Å². The van der Waals surface area contributed by atoms with Gasteiger partial charge in [-0.2, -0.15) is 5.10 Å². The molecule has 2 amide bonds. The molecule has 2 fully saturated rings. The normalized spacial score (nSPS) is 21.9. The number of hydrogen-bond donors (Lipinski definition) is 3. The largest absolute Gasteiger partial charge is 0.354 e. The van der Waals surface area contributed by atoms with Crippen LogP contribution >= 0.6 is 0 Å². The molecule has 0 aliphatic carbocycles. The second kappa shape index (κ2) is 7.19. The number of carbonyl (C=O) groups excluding carboxylic acids is 2. The molecular weight excluding hydrogens is 334 g/mol. The van der Waals surface area contributed by atoms with E-state index in [-0.39, 0.29) is 22.8 Å². The van der Waals surface area contributed by atoms with Gasteiger partial charge < -0.3 is 15.5 Å². The molecule has 0 atom stereocenters. The van der Waals surface area contributed by atoms with E-state index in [1.54, 1.807) is 6.07 Å². The summed E-state index contributed by atoms with van der Waals surface area (Å²) < 4.78 is 0. The number of aryl methyl sites for hydroxylation is 1. The Kier molecular flexibility index (Phi) is 5.13. The summed E-state index contributed by atoms with van der Waals surface area (Å²) in [6, 6.07) is 3.05. The van der Waals surface area contributed by atoms with Crippen LogP contribution in [0.3, 0.4) is 0 Å². The van der Waals surface area contributed by atoms with Crippen LogP contribution in [0.4, 0.5) is 0 Å².